The van der Waals surface area contributed by atoms with Crippen LogP contribution >= 0.6 is 0 Å². The Balaban J connectivity index is 1.79. The summed E-state index contributed by atoms with van der Waals surface area (Å²) in [5, 5.41) is 12.9. The third-order valence-corrected chi connectivity index (χ3v) is 5.10. The minimum absolute atomic E-state index is 0.139. The molecule has 0 aliphatic carbocycles. The molecule has 2 heterocycles. The van der Waals surface area contributed by atoms with E-state index in [1.807, 2.05) is 24.3 Å². The Morgan fingerprint density at radius 1 is 1.35 bits per heavy atom. The first-order valence-corrected chi connectivity index (χ1v) is 9.08. The number of esters is 1. The van der Waals surface area contributed by atoms with Gasteiger partial charge in [0, 0.05) is 23.9 Å². The topological polar surface area (TPSA) is 95.9 Å². The molecular weight excluding hydrogens is 334 g/mol. The first-order valence-electron chi connectivity index (χ1n) is 9.08. The molecule has 2 aromatic rings. The molecule has 140 valence electrons. The van der Waals surface area contributed by atoms with Crippen LogP contribution in [0.25, 0.3) is 10.9 Å². The molecule has 7 heteroatoms. The number of H-pyrrole nitrogens is 1. The molecule has 0 radical (unpaired) electrons. The molecule has 7 nitrogen and oxygen atoms in total. The normalized spacial score (nSPS) is 20.1. The number of aliphatic hydroxyl groups is 1. The zero-order valence-electron chi connectivity index (χ0n) is 15.0. The number of anilines is 1. The van der Waals surface area contributed by atoms with Gasteiger partial charge in [0.05, 0.1) is 25.4 Å². The fourth-order valence-corrected chi connectivity index (χ4v) is 3.80. The summed E-state index contributed by atoms with van der Waals surface area (Å²) in [7, 11) is 1.32. The summed E-state index contributed by atoms with van der Waals surface area (Å²) in [5.74, 6) is -0.653. The van der Waals surface area contributed by atoms with Gasteiger partial charge in [-0.1, -0.05) is 18.2 Å². The molecule has 4 N–H and O–H groups in total. The Bertz CT molecular complexity index is 784. The minimum Gasteiger partial charge on any atom is -0.464 e. The van der Waals surface area contributed by atoms with E-state index in [9.17, 15) is 14.7 Å². The van der Waals surface area contributed by atoms with E-state index in [2.05, 4.69) is 10.3 Å². The summed E-state index contributed by atoms with van der Waals surface area (Å²) in [4.78, 5) is 29.0. The van der Waals surface area contributed by atoms with E-state index in [-0.39, 0.29) is 18.2 Å². The number of para-hydroxylation sites is 1. The van der Waals surface area contributed by atoms with E-state index in [4.69, 9.17) is 4.74 Å². The Morgan fingerprint density at radius 3 is 2.92 bits per heavy atom. The molecule has 3 rings (SSSR count). The lowest BCUT2D eigenvalue weighted by atomic mass is 9.99. The number of amides is 1. The highest BCUT2D eigenvalue weighted by Gasteiger charge is 2.28. The van der Waals surface area contributed by atoms with Crippen molar-refractivity contribution in [1.29, 1.82) is 0 Å². The average molecular weight is 360 g/mol. The summed E-state index contributed by atoms with van der Waals surface area (Å²) < 4.78 is 4.83. The van der Waals surface area contributed by atoms with Crippen molar-refractivity contribution in [3.05, 3.63) is 30.0 Å². The molecule has 1 unspecified atom stereocenters. The van der Waals surface area contributed by atoms with E-state index in [0.29, 0.717) is 24.7 Å². The zero-order valence-corrected chi connectivity index (χ0v) is 15.0. The lowest BCUT2D eigenvalue weighted by molar-refractivity contribution is -0.923. The van der Waals surface area contributed by atoms with Gasteiger partial charge in [0.15, 0.2) is 6.54 Å². The molecule has 1 aliphatic heterocycles. The van der Waals surface area contributed by atoms with Crippen LogP contribution in [0.15, 0.2) is 24.3 Å². The number of fused-ring (bicyclic) bond motifs is 1. The number of carbonyl (C=O) groups excluding carboxylic acids is 2. The number of aromatic amines is 1. The Hall–Kier alpha value is -2.38. The van der Waals surface area contributed by atoms with E-state index in [1.165, 1.54) is 12.0 Å². The van der Waals surface area contributed by atoms with Gasteiger partial charge in [-0.3, -0.25) is 4.79 Å². The minimum atomic E-state index is -0.514. The predicted molar refractivity (Wildman–Crippen MR) is 98.3 cm³/mol. The van der Waals surface area contributed by atoms with Gasteiger partial charge in [0.2, 0.25) is 0 Å². The van der Waals surface area contributed by atoms with Gasteiger partial charge < -0.3 is 25.0 Å². The van der Waals surface area contributed by atoms with Crippen molar-refractivity contribution >= 4 is 28.5 Å². The molecule has 1 saturated heterocycles. The van der Waals surface area contributed by atoms with E-state index in [1.54, 1.807) is 0 Å². The smallest absolute Gasteiger partial charge is 0.356 e. The molecule has 1 aromatic heterocycles. The van der Waals surface area contributed by atoms with E-state index < -0.39 is 5.97 Å². The van der Waals surface area contributed by atoms with Crippen molar-refractivity contribution in [2.75, 3.05) is 32.1 Å². The van der Waals surface area contributed by atoms with Gasteiger partial charge >= 0.3 is 5.97 Å². The number of ether oxygens (including phenoxy) is 1. The Labute approximate surface area is 152 Å². The highest BCUT2D eigenvalue weighted by atomic mass is 16.5. The highest BCUT2D eigenvalue weighted by Crippen LogP contribution is 2.28. The van der Waals surface area contributed by atoms with E-state index in [0.717, 1.165) is 36.7 Å². The largest absolute Gasteiger partial charge is 0.464 e. The molecule has 0 spiro atoms. The number of hydrogen-bond donors (Lipinski definition) is 4. The maximum atomic E-state index is 12.7. The molecule has 0 saturated carbocycles. The average Bonchev–Trinajstić information content (AvgIpc) is 3.01. The zero-order chi connectivity index (χ0) is 18.5. The van der Waals surface area contributed by atoms with Crippen LogP contribution in [0.3, 0.4) is 0 Å². The van der Waals surface area contributed by atoms with Crippen molar-refractivity contribution in [3.8, 4) is 0 Å². The van der Waals surface area contributed by atoms with Gasteiger partial charge in [-0.15, -0.1) is 0 Å². The standard InChI is InChI=1S/C19H25N3O4/c1-26-19(25)18-17(14-7-2-3-8-15(14)20-18)21-16(24)12-22-10-5-4-6-13(22)9-11-23/h2-3,7-8,13,20,23H,4-6,9-12H2,1H3,(H,21,24)/p+1/t13-/m1/s1. The quantitative estimate of drug-likeness (QED) is 0.571. The summed E-state index contributed by atoms with van der Waals surface area (Å²) in [6.07, 6.45) is 3.97. The van der Waals surface area contributed by atoms with Crippen LogP contribution in [0.4, 0.5) is 5.69 Å². The van der Waals surface area contributed by atoms with Crippen LogP contribution in [0.2, 0.25) is 0 Å². The number of carbonyl (C=O) groups is 2. The van der Waals surface area contributed by atoms with Crippen LogP contribution in [-0.4, -0.2) is 54.8 Å². The number of aliphatic hydroxyl groups excluding tert-OH is 1. The van der Waals surface area contributed by atoms with Crippen molar-refractivity contribution < 1.29 is 24.3 Å². The summed E-state index contributed by atoms with van der Waals surface area (Å²) in [6.45, 7) is 1.39. The molecule has 1 amide bonds. The number of hydrogen-bond acceptors (Lipinski definition) is 4. The summed E-state index contributed by atoms with van der Waals surface area (Å²) >= 11 is 0. The Kier molecular flexibility index (Phi) is 5.90. The van der Waals surface area contributed by atoms with Crippen LogP contribution in [0.1, 0.15) is 36.2 Å². The van der Waals surface area contributed by atoms with Gasteiger partial charge in [-0.2, -0.15) is 0 Å². The van der Waals surface area contributed by atoms with Crippen LogP contribution < -0.4 is 10.2 Å². The molecule has 0 bridgehead atoms. The monoisotopic (exact) mass is 360 g/mol. The van der Waals surface area contributed by atoms with Gasteiger partial charge in [0.25, 0.3) is 5.91 Å². The Morgan fingerprint density at radius 2 is 2.15 bits per heavy atom. The SMILES string of the molecule is COC(=O)c1[nH]c2ccccc2c1NC(=O)C[NH+]1CCCC[C@@H]1CCO. The van der Waals surface area contributed by atoms with Crippen molar-refractivity contribution in [2.45, 2.75) is 31.7 Å². The number of nitrogens with one attached hydrogen (secondary N) is 3. The molecule has 1 fully saturated rings. The fourth-order valence-electron chi connectivity index (χ4n) is 3.80. The molecule has 26 heavy (non-hydrogen) atoms. The lowest BCUT2D eigenvalue weighted by Gasteiger charge is -2.31. The molecule has 2 atom stereocenters. The van der Waals surface area contributed by atoms with E-state index >= 15 is 0 Å². The predicted octanol–water partition coefficient (Wildman–Crippen LogP) is 0.713. The second-order valence-corrected chi connectivity index (χ2v) is 6.75. The van der Waals surface area contributed by atoms with Crippen LogP contribution in [0.5, 0.6) is 0 Å². The molecule has 1 aromatic carbocycles. The third kappa shape index (κ3) is 3.89. The van der Waals surface area contributed by atoms with Gasteiger partial charge in [-0.05, 0) is 25.3 Å². The number of rotatable bonds is 6. The van der Waals surface area contributed by atoms with Crippen LogP contribution in [-0.2, 0) is 9.53 Å². The third-order valence-electron chi connectivity index (χ3n) is 5.10. The summed E-state index contributed by atoms with van der Waals surface area (Å²) in [6, 6.07) is 7.74. The number of aromatic nitrogens is 1. The highest BCUT2D eigenvalue weighted by molar-refractivity contribution is 6.11. The number of likely N-dealkylation sites (tertiary alicyclic amines) is 1. The van der Waals surface area contributed by atoms with Crippen LogP contribution in [0, 0.1) is 0 Å². The van der Waals surface area contributed by atoms with Crippen molar-refractivity contribution in [2.24, 2.45) is 0 Å². The number of methoxy groups -OCH3 is 1. The molecular formula is C19H26N3O4+. The maximum Gasteiger partial charge on any atom is 0.356 e. The second-order valence-electron chi connectivity index (χ2n) is 6.75. The number of benzene rings is 1. The fraction of sp³-hybridized carbons (Fsp3) is 0.474. The first-order chi connectivity index (χ1) is 12.6. The number of quaternary nitrogens is 1. The molecule has 1 aliphatic rings. The lowest BCUT2D eigenvalue weighted by Crippen LogP contribution is -3.17. The van der Waals surface area contributed by atoms with Crippen molar-refractivity contribution in [1.82, 2.24) is 4.98 Å². The van der Waals surface area contributed by atoms with Gasteiger partial charge in [-0.25, -0.2) is 4.79 Å². The van der Waals surface area contributed by atoms with Crippen molar-refractivity contribution in [3.63, 3.8) is 0 Å². The maximum absolute atomic E-state index is 12.7. The number of piperidine rings is 1. The first kappa shape index (κ1) is 18.4. The summed E-state index contributed by atoms with van der Waals surface area (Å²) in [5.41, 5.74) is 1.49. The van der Waals surface area contributed by atoms with Gasteiger partial charge in [0.1, 0.15) is 5.69 Å². The second kappa shape index (κ2) is 8.33.